The number of amides is 8. The maximum absolute atomic E-state index is 14.6. The molecule has 31 nitrogen and oxygen atoms in total. The highest BCUT2D eigenvalue weighted by molar-refractivity contribution is 5.98. The van der Waals surface area contributed by atoms with Gasteiger partial charge in [0, 0.05) is 110 Å². The molecule has 0 aliphatic rings. The van der Waals surface area contributed by atoms with E-state index < -0.39 is 108 Å². The fourth-order valence-corrected chi connectivity index (χ4v) is 7.56. The van der Waals surface area contributed by atoms with Gasteiger partial charge in [-0.2, -0.15) is 0 Å². The summed E-state index contributed by atoms with van der Waals surface area (Å²) in [4.78, 5) is 164. The molecule has 0 radical (unpaired) electrons. The molecule has 404 valence electrons. The molecule has 0 saturated carbocycles. The number of hydrogen-bond donors (Lipinski definition) is 16. The number of nitrogens with two attached hydrogens (primary N) is 2. The van der Waals surface area contributed by atoms with Crippen LogP contribution in [0.15, 0.2) is 75.1 Å². The highest BCUT2D eigenvalue weighted by atomic mass is 16.4. The van der Waals surface area contributed by atoms with E-state index in [-0.39, 0.29) is 44.4 Å². The van der Waals surface area contributed by atoms with Gasteiger partial charge in [0.1, 0.15) is 42.3 Å². The number of imidazole rings is 6. The highest BCUT2D eigenvalue weighted by Crippen LogP contribution is 2.10. The Morgan fingerprint density at radius 1 is 0.408 bits per heavy atom. The van der Waals surface area contributed by atoms with E-state index in [0.29, 0.717) is 34.2 Å². The van der Waals surface area contributed by atoms with Crippen LogP contribution in [0.1, 0.15) is 54.4 Å². The van der Waals surface area contributed by atoms with Crippen molar-refractivity contribution in [2.75, 3.05) is 0 Å². The van der Waals surface area contributed by atoms with Crippen molar-refractivity contribution in [1.29, 1.82) is 0 Å². The van der Waals surface area contributed by atoms with Gasteiger partial charge in [-0.25, -0.2) is 34.7 Å². The fourth-order valence-electron chi connectivity index (χ4n) is 7.56. The summed E-state index contributed by atoms with van der Waals surface area (Å²) >= 11 is 0. The Morgan fingerprint density at radius 2 is 0.632 bits per heavy atom. The summed E-state index contributed by atoms with van der Waals surface area (Å²) in [5, 5.41) is 28.0. The number of H-pyrrole nitrogens is 6. The number of hydrogen-bond acceptors (Lipinski definition) is 16. The lowest BCUT2D eigenvalue weighted by Gasteiger charge is -2.27. The van der Waals surface area contributed by atoms with E-state index in [1.54, 1.807) is 13.8 Å². The fraction of sp³-hybridized carbons (Fsp3) is 0.400. The third-order valence-corrected chi connectivity index (χ3v) is 11.7. The molecule has 6 aromatic heterocycles. The molecule has 0 aromatic carbocycles. The zero-order valence-electron chi connectivity index (χ0n) is 41.0. The first-order valence-corrected chi connectivity index (χ1v) is 23.6. The lowest BCUT2D eigenvalue weighted by Crippen LogP contribution is -2.61. The molecule has 18 N–H and O–H groups in total. The third-order valence-electron chi connectivity index (χ3n) is 11.7. The number of primary amides is 1. The highest BCUT2D eigenvalue weighted by Gasteiger charge is 2.36. The van der Waals surface area contributed by atoms with Crippen molar-refractivity contribution in [2.24, 2.45) is 17.4 Å². The van der Waals surface area contributed by atoms with Gasteiger partial charge in [0.2, 0.25) is 47.3 Å². The first kappa shape index (κ1) is 55.8. The van der Waals surface area contributed by atoms with Gasteiger partial charge >= 0.3 is 5.97 Å². The summed E-state index contributed by atoms with van der Waals surface area (Å²) in [6.07, 6.45) is 14.4. The Bertz CT molecular complexity index is 2820. The van der Waals surface area contributed by atoms with E-state index in [4.69, 9.17) is 11.5 Å². The molecule has 76 heavy (non-hydrogen) atoms. The largest absolute Gasteiger partial charge is 0.480 e. The number of aliphatic carboxylic acids is 1. The zero-order valence-corrected chi connectivity index (χ0v) is 41.0. The van der Waals surface area contributed by atoms with Crippen LogP contribution in [-0.2, 0) is 81.7 Å². The molecule has 31 heteroatoms. The van der Waals surface area contributed by atoms with E-state index in [1.165, 1.54) is 75.1 Å². The van der Waals surface area contributed by atoms with Crippen LogP contribution < -0.4 is 48.7 Å². The van der Waals surface area contributed by atoms with Gasteiger partial charge in [-0.1, -0.05) is 13.8 Å². The van der Waals surface area contributed by atoms with Gasteiger partial charge in [0.05, 0.1) is 50.4 Å². The summed E-state index contributed by atoms with van der Waals surface area (Å²) in [5.74, 6) is -8.95. The predicted molar refractivity (Wildman–Crippen MR) is 262 cm³/mol. The van der Waals surface area contributed by atoms with Gasteiger partial charge in [0.25, 0.3) is 0 Å². The molecule has 0 spiro atoms. The molecule has 0 aliphatic heterocycles. The monoisotopic (exact) mass is 1050 g/mol. The van der Waals surface area contributed by atoms with Gasteiger partial charge in [0.15, 0.2) is 0 Å². The molecule has 6 aromatic rings. The lowest BCUT2D eigenvalue weighted by atomic mass is 10.0. The molecule has 6 rings (SSSR count). The van der Waals surface area contributed by atoms with Gasteiger partial charge in [-0.05, 0) is 5.92 Å². The Morgan fingerprint density at radius 3 is 0.842 bits per heavy atom. The first-order chi connectivity index (χ1) is 36.4. The summed E-state index contributed by atoms with van der Waals surface area (Å²) in [7, 11) is 0. The normalized spacial score (nSPS) is 14.4. The Balaban J connectivity index is 1.25. The van der Waals surface area contributed by atoms with Crippen LogP contribution in [0.2, 0.25) is 0 Å². The van der Waals surface area contributed by atoms with Crippen molar-refractivity contribution in [2.45, 2.75) is 107 Å². The number of carbonyl (C=O) groups is 9. The van der Waals surface area contributed by atoms with Crippen LogP contribution in [0.4, 0.5) is 0 Å². The van der Waals surface area contributed by atoms with Gasteiger partial charge < -0.3 is 83.7 Å². The second-order valence-corrected chi connectivity index (χ2v) is 17.9. The number of carboxylic acid groups (broad SMARTS) is 1. The van der Waals surface area contributed by atoms with Gasteiger partial charge in [-0.15, -0.1) is 0 Å². The predicted octanol–water partition coefficient (Wildman–Crippen LogP) is -4.88. The summed E-state index contributed by atoms with van der Waals surface area (Å²) in [5.41, 5.74) is 13.7. The van der Waals surface area contributed by atoms with Crippen molar-refractivity contribution >= 4 is 53.2 Å². The Labute approximate surface area is 431 Å². The number of aromatic amines is 6. The summed E-state index contributed by atoms with van der Waals surface area (Å²) < 4.78 is 0. The SMILES string of the molecule is CC(C)C(N)C(=O)NC(CC(N)=O)C(=O)NC(Cc1cnc[nH]1)C(=O)NC(Cc1cnc[nH]1)C(=O)NC(Cc1cnc[nH]1)C(=O)NC(Cc1cnc[nH]1)C(=O)NC(Cc1cnc[nH]1)C(=O)NC(Cc1cnc[nH]1)C(=O)O. The quantitative estimate of drug-likeness (QED) is 0.0201. The van der Waals surface area contributed by atoms with Crippen LogP contribution in [0, 0.1) is 5.92 Å². The van der Waals surface area contributed by atoms with E-state index in [2.05, 4.69) is 97.0 Å². The second-order valence-electron chi connectivity index (χ2n) is 17.9. The van der Waals surface area contributed by atoms with Crippen molar-refractivity contribution in [3.63, 3.8) is 0 Å². The van der Waals surface area contributed by atoms with Crippen LogP contribution in [0.3, 0.4) is 0 Å². The average molecular weight is 1050 g/mol. The Hall–Kier alpha value is -9.55. The molecule has 0 saturated heterocycles. The molecule has 0 fully saturated rings. The van der Waals surface area contributed by atoms with Crippen molar-refractivity contribution < 1.29 is 48.3 Å². The van der Waals surface area contributed by atoms with Crippen LogP contribution in [0.5, 0.6) is 0 Å². The van der Waals surface area contributed by atoms with Crippen LogP contribution in [0.25, 0.3) is 0 Å². The molecule has 8 unspecified atom stereocenters. The van der Waals surface area contributed by atoms with E-state index >= 15 is 0 Å². The summed E-state index contributed by atoms with van der Waals surface area (Å²) in [6.45, 7) is 3.35. The minimum absolute atomic E-state index is 0.170. The number of carboxylic acids is 1. The zero-order chi connectivity index (χ0) is 54.7. The number of rotatable bonds is 30. The molecule has 0 aliphatic carbocycles. The molecule has 6 heterocycles. The van der Waals surface area contributed by atoms with Crippen LogP contribution in [-0.4, -0.2) is 166 Å². The molecular weight excluding hydrogens is 995 g/mol. The second kappa shape index (κ2) is 26.9. The Kier molecular flexibility index (Phi) is 19.8. The van der Waals surface area contributed by atoms with Crippen molar-refractivity contribution in [3.8, 4) is 0 Å². The minimum Gasteiger partial charge on any atom is -0.480 e. The maximum atomic E-state index is 14.6. The van der Waals surface area contributed by atoms with Crippen LogP contribution >= 0.6 is 0 Å². The molecular formula is C45H59N21O10. The third kappa shape index (κ3) is 16.8. The molecule has 8 amide bonds. The van der Waals surface area contributed by atoms with E-state index in [9.17, 15) is 48.3 Å². The number of carbonyl (C=O) groups excluding carboxylic acids is 8. The topological polar surface area (TPSA) is 482 Å². The van der Waals surface area contributed by atoms with Gasteiger partial charge in [-0.3, -0.25) is 38.4 Å². The van der Waals surface area contributed by atoms with E-state index in [0.717, 1.165) is 0 Å². The summed E-state index contributed by atoms with van der Waals surface area (Å²) in [6, 6.07) is -11.5. The molecule has 8 atom stereocenters. The van der Waals surface area contributed by atoms with Crippen molar-refractivity contribution in [1.82, 2.24) is 97.0 Å². The number of nitrogens with one attached hydrogen (secondary N) is 13. The number of nitrogens with zero attached hydrogens (tertiary/aromatic N) is 6. The van der Waals surface area contributed by atoms with Crippen molar-refractivity contribution in [3.05, 3.63) is 109 Å². The minimum atomic E-state index is -1.56. The standard InChI is InChI=1S/C45H59N21O10/c1-22(2)37(47)44(74)65-34(9-36(46)67)43(73)64-32(6-26-13-51-19-57-26)41(71)62-30(4-24-11-49-17-55-24)39(69)60-29(3-23-10-48-16-54-23)38(68)61-31(5-25-12-50-18-56-25)40(70)63-33(7-27-14-52-20-58-27)42(72)66-35(45(75)76)8-28-15-53-21-59-28/h10-22,29-35,37H,3-9,47H2,1-2H3,(H2,46,67)(H,48,54)(H,49,55)(H,50,56)(H,51,57)(H,52,58)(H,53,59)(H,60,69)(H,61,68)(H,62,71)(H,63,70)(H,64,73)(H,65,74)(H,66,72)(H,75,76). The first-order valence-electron chi connectivity index (χ1n) is 23.6. The number of aromatic nitrogens is 12. The average Bonchev–Trinajstić information content (AvgIpc) is 4.24. The smallest absolute Gasteiger partial charge is 0.326 e. The maximum Gasteiger partial charge on any atom is 0.326 e. The molecule has 0 bridgehead atoms. The lowest BCUT2D eigenvalue weighted by molar-refractivity contribution is -0.142. The van der Waals surface area contributed by atoms with E-state index in [1.807, 2.05) is 0 Å².